The fraction of sp³-hybridized carbons (Fsp3) is 0.971. The van der Waals surface area contributed by atoms with Crippen molar-refractivity contribution in [2.45, 2.75) is 195 Å². The van der Waals surface area contributed by atoms with Gasteiger partial charge in [0.15, 0.2) is 31.5 Å². The molecule has 344 valence electrons. The summed E-state index contributed by atoms with van der Waals surface area (Å²) in [6.07, 6.45) is -37.9. The molecule has 0 aromatic heterocycles. The Hall–Kier alpha value is -1.41. The lowest BCUT2D eigenvalue weighted by Crippen LogP contribution is -2.70. The van der Waals surface area contributed by atoms with Gasteiger partial charge >= 0.3 is 0 Å². The molecule has 5 saturated heterocycles. The van der Waals surface area contributed by atoms with Crippen molar-refractivity contribution >= 4 is 5.91 Å². The zero-order valence-electron chi connectivity index (χ0n) is 33.1. The van der Waals surface area contributed by atoms with E-state index in [1.807, 2.05) is 0 Å². The quantitative estimate of drug-likeness (QED) is 0.0771. The number of rotatable bonds is 14. The van der Waals surface area contributed by atoms with Gasteiger partial charge < -0.3 is 114 Å². The molecular formula is C35H61NO23. The molecule has 5 fully saturated rings. The molecule has 25 atom stereocenters. The van der Waals surface area contributed by atoms with Crippen LogP contribution in [0.25, 0.3) is 0 Å². The van der Waals surface area contributed by atoms with Crippen molar-refractivity contribution in [3.8, 4) is 0 Å². The van der Waals surface area contributed by atoms with Gasteiger partial charge in [0.05, 0.1) is 31.5 Å². The average Bonchev–Trinajstić information content (AvgIpc) is 3.20. The molecule has 0 spiro atoms. The summed E-state index contributed by atoms with van der Waals surface area (Å²) in [7, 11) is 0. The maximum Gasteiger partial charge on any atom is 0.217 e. The van der Waals surface area contributed by atoms with Crippen LogP contribution in [0.3, 0.4) is 0 Å². The topological polar surface area (TPSA) is 364 Å². The van der Waals surface area contributed by atoms with Gasteiger partial charge in [0.25, 0.3) is 0 Å². The highest BCUT2D eigenvalue weighted by atomic mass is 16.8. The van der Waals surface area contributed by atoms with Crippen LogP contribution in [0.5, 0.6) is 0 Å². The van der Waals surface area contributed by atoms with Crippen molar-refractivity contribution < 1.29 is 113 Å². The molecule has 5 rings (SSSR count). The van der Waals surface area contributed by atoms with Crippen molar-refractivity contribution in [2.75, 3.05) is 19.8 Å². The van der Waals surface area contributed by atoms with Crippen molar-refractivity contribution in [3.05, 3.63) is 0 Å². The third-order valence-electron chi connectivity index (χ3n) is 11.1. The zero-order chi connectivity index (χ0) is 43.6. The van der Waals surface area contributed by atoms with Gasteiger partial charge in [0.1, 0.15) is 104 Å². The summed E-state index contributed by atoms with van der Waals surface area (Å²) >= 11 is 0. The Bertz CT molecular complexity index is 1320. The number of carbonyl (C=O) groups excluding carboxylic acids is 1. The van der Waals surface area contributed by atoms with E-state index in [2.05, 4.69) is 5.32 Å². The molecule has 13 N–H and O–H groups in total. The number of carbonyl (C=O) groups is 1. The minimum atomic E-state index is -1.93. The van der Waals surface area contributed by atoms with E-state index in [0.717, 1.165) is 6.92 Å². The van der Waals surface area contributed by atoms with Crippen LogP contribution in [0.1, 0.15) is 41.0 Å². The van der Waals surface area contributed by atoms with E-state index in [1.165, 1.54) is 20.8 Å². The maximum absolute atomic E-state index is 12.7. The van der Waals surface area contributed by atoms with Crippen molar-refractivity contribution in [2.24, 2.45) is 0 Å². The number of hydrogen-bond acceptors (Lipinski definition) is 23. The van der Waals surface area contributed by atoms with Gasteiger partial charge in [-0.15, -0.1) is 0 Å². The molecule has 0 aromatic carbocycles. The second kappa shape index (κ2) is 20.8. The van der Waals surface area contributed by atoms with E-state index in [9.17, 15) is 66.1 Å². The zero-order valence-corrected chi connectivity index (χ0v) is 33.1. The first-order valence-electron chi connectivity index (χ1n) is 19.6. The number of amides is 1. The molecule has 5 aliphatic rings. The third-order valence-corrected chi connectivity index (χ3v) is 11.1. The fourth-order valence-electron chi connectivity index (χ4n) is 7.58. The van der Waals surface area contributed by atoms with Crippen LogP contribution >= 0.6 is 0 Å². The molecule has 0 radical (unpaired) electrons. The molecule has 0 aliphatic carbocycles. The Morgan fingerprint density at radius 1 is 0.492 bits per heavy atom. The molecule has 24 nitrogen and oxygen atoms in total. The molecule has 10 unspecified atom stereocenters. The van der Waals surface area contributed by atoms with Gasteiger partial charge in [-0.2, -0.15) is 0 Å². The van der Waals surface area contributed by atoms with Crippen LogP contribution in [-0.2, 0) is 52.2 Å². The first-order chi connectivity index (χ1) is 27.8. The minimum absolute atomic E-state index is 0.0794. The van der Waals surface area contributed by atoms with Gasteiger partial charge in [0, 0.05) is 13.5 Å². The molecule has 59 heavy (non-hydrogen) atoms. The summed E-state index contributed by atoms with van der Waals surface area (Å²) in [4.78, 5) is 12.7. The SMILES string of the molecule is CCCO[C@@H]1OC(C)[C@H](O)[C@H](O[C@H]2O[C@@H](CO)[C@@H](O)C(O)C2O)C1O[C@@H]1OC(CO)[C@@H](O)C(O[C@@H]2OC(C)[C@H](O)[C@H](O[C@@H]3OC(C)[C@H](O)[C@H](O)C3O)C2O)[C@H]1NC(C)=O. The number of aliphatic hydroxyl groups is 12. The summed E-state index contributed by atoms with van der Waals surface area (Å²) in [5, 5.41) is 131. The monoisotopic (exact) mass is 863 g/mol. The van der Waals surface area contributed by atoms with Gasteiger partial charge in [-0.3, -0.25) is 4.79 Å². The van der Waals surface area contributed by atoms with Crippen LogP contribution in [0, 0.1) is 0 Å². The molecule has 1 amide bonds. The van der Waals surface area contributed by atoms with Crippen LogP contribution in [0.2, 0.25) is 0 Å². The normalized spacial score (nSPS) is 51.0. The Morgan fingerprint density at radius 3 is 1.51 bits per heavy atom. The lowest BCUT2D eigenvalue weighted by molar-refractivity contribution is -0.391. The lowest BCUT2D eigenvalue weighted by atomic mass is 9.94. The summed E-state index contributed by atoms with van der Waals surface area (Å²) in [5.41, 5.74) is 0. The van der Waals surface area contributed by atoms with Crippen molar-refractivity contribution in [1.82, 2.24) is 5.32 Å². The number of aliphatic hydroxyl groups excluding tert-OH is 12. The second-order valence-electron chi connectivity index (χ2n) is 15.5. The van der Waals surface area contributed by atoms with Gasteiger partial charge in [-0.25, -0.2) is 0 Å². The predicted octanol–water partition coefficient (Wildman–Crippen LogP) is -7.26. The van der Waals surface area contributed by atoms with Crippen molar-refractivity contribution in [1.29, 1.82) is 0 Å². The number of ether oxygens (including phenoxy) is 10. The Morgan fingerprint density at radius 2 is 0.932 bits per heavy atom. The lowest BCUT2D eigenvalue weighted by Gasteiger charge is -2.51. The van der Waals surface area contributed by atoms with Crippen LogP contribution in [-0.4, -0.2) is 240 Å². The summed E-state index contributed by atoms with van der Waals surface area (Å²) in [6.45, 7) is 5.59. The summed E-state index contributed by atoms with van der Waals surface area (Å²) in [5.74, 6) is -0.717. The minimum Gasteiger partial charge on any atom is -0.394 e. The molecular weight excluding hydrogens is 802 g/mol. The van der Waals surface area contributed by atoms with Gasteiger partial charge in [-0.05, 0) is 27.2 Å². The van der Waals surface area contributed by atoms with E-state index >= 15 is 0 Å². The largest absolute Gasteiger partial charge is 0.394 e. The summed E-state index contributed by atoms with van der Waals surface area (Å²) < 4.78 is 58.8. The summed E-state index contributed by atoms with van der Waals surface area (Å²) in [6, 6.07) is -1.56. The number of hydrogen-bond donors (Lipinski definition) is 13. The molecule has 0 bridgehead atoms. The predicted molar refractivity (Wildman–Crippen MR) is 188 cm³/mol. The first kappa shape index (κ1) is 48.6. The highest BCUT2D eigenvalue weighted by Gasteiger charge is 2.57. The smallest absolute Gasteiger partial charge is 0.217 e. The second-order valence-corrected chi connectivity index (χ2v) is 15.5. The van der Waals surface area contributed by atoms with E-state index in [4.69, 9.17) is 47.4 Å². The Kier molecular flexibility index (Phi) is 17.2. The molecule has 24 heteroatoms. The Balaban J connectivity index is 1.44. The first-order valence-corrected chi connectivity index (χ1v) is 19.6. The third kappa shape index (κ3) is 10.5. The fourth-order valence-corrected chi connectivity index (χ4v) is 7.58. The van der Waals surface area contributed by atoms with E-state index in [0.29, 0.717) is 6.42 Å². The van der Waals surface area contributed by atoms with Crippen LogP contribution in [0.15, 0.2) is 0 Å². The van der Waals surface area contributed by atoms with E-state index in [1.54, 1.807) is 6.92 Å². The highest BCUT2D eigenvalue weighted by molar-refractivity contribution is 5.73. The van der Waals surface area contributed by atoms with Gasteiger partial charge in [0.2, 0.25) is 5.91 Å². The highest BCUT2D eigenvalue weighted by Crippen LogP contribution is 2.36. The molecule has 5 heterocycles. The van der Waals surface area contributed by atoms with Crippen LogP contribution in [0.4, 0.5) is 0 Å². The maximum atomic E-state index is 12.7. The van der Waals surface area contributed by atoms with E-state index in [-0.39, 0.29) is 6.61 Å². The van der Waals surface area contributed by atoms with Crippen LogP contribution < -0.4 is 5.32 Å². The van der Waals surface area contributed by atoms with Crippen molar-refractivity contribution in [3.63, 3.8) is 0 Å². The standard InChI is InChI=1S/C35H61NO23/c1-6-7-50-35-30(29(19(42)12(4)53-35)58-33-25(48)23(46)20(43)14(8-37)55-33)59-31-16(36-13(5)39)27(21(44)15(9-38)54-31)56-34-26(49)28(18(41)11(3)52-34)57-32-24(47)22(45)17(40)10(2)51-32/h10-12,14-35,37-38,40-49H,6-9H2,1-5H3,(H,36,39)/t10?,11?,12?,14-,15?,16+,17-,18-,19-,20+,21+,22-,23?,24?,25?,26?,27?,28-,29-,30?,31-,32-,33+,34-,35+/m0/s1. The molecule has 0 saturated carbocycles. The number of nitrogens with one attached hydrogen (secondary N) is 1. The van der Waals surface area contributed by atoms with Gasteiger partial charge in [-0.1, -0.05) is 6.92 Å². The Labute approximate surface area is 338 Å². The molecule has 0 aromatic rings. The average molecular weight is 864 g/mol. The molecule has 5 aliphatic heterocycles. The van der Waals surface area contributed by atoms with E-state index < -0.39 is 173 Å².